The van der Waals surface area contributed by atoms with E-state index in [0.29, 0.717) is 32.6 Å². The van der Waals surface area contributed by atoms with E-state index in [0.717, 1.165) is 0 Å². The molecule has 0 spiro atoms. The lowest BCUT2D eigenvalue weighted by Crippen LogP contribution is -2.48. The van der Waals surface area contributed by atoms with E-state index >= 15 is 0 Å². The number of rotatable bonds is 2. The van der Waals surface area contributed by atoms with Crippen LogP contribution in [0.4, 0.5) is 0 Å². The number of fused-ring (bicyclic) bond motifs is 3. The molecule has 6 heteroatoms. The van der Waals surface area contributed by atoms with Crippen LogP contribution in [0.15, 0.2) is 48.5 Å². The molecule has 4 rings (SSSR count). The van der Waals surface area contributed by atoms with Gasteiger partial charge in [-0.05, 0) is 50.9 Å². The summed E-state index contributed by atoms with van der Waals surface area (Å²) >= 11 is 0. The van der Waals surface area contributed by atoms with Crippen molar-refractivity contribution in [1.29, 1.82) is 0 Å². The average Bonchev–Trinajstić information content (AvgIpc) is 2.84. The number of amides is 2. The maximum atomic E-state index is 13.0. The Kier molecular flexibility index (Phi) is 8.04. The van der Waals surface area contributed by atoms with Crippen molar-refractivity contribution in [2.24, 2.45) is 11.8 Å². The Morgan fingerprint density at radius 2 is 0.971 bits per heavy atom. The van der Waals surface area contributed by atoms with Gasteiger partial charge in [0.25, 0.3) is 0 Å². The van der Waals surface area contributed by atoms with Crippen LogP contribution >= 0.6 is 0 Å². The topological polar surface area (TPSA) is 82.3 Å². The van der Waals surface area contributed by atoms with Crippen molar-refractivity contribution < 1.29 is 9.59 Å². The van der Waals surface area contributed by atoms with Gasteiger partial charge in [0.05, 0.1) is 12.1 Å². The molecular weight excluding hydrogens is 436 g/mol. The molecule has 0 radical (unpaired) electrons. The average molecular weight is 475 g/mol. The molecule has 1 aliphatic heterocycles. The molecule has 2 bridgehead atoms. The fourth-order valence-electron chi connectivity index (χ4n) is 5.11. The molecule has 186 valence electrons. The van der Waals surface area contributed by atoms with Crippen LogP contribution in [-0.2, 0) is 22.7 Å². The lowest BCUT2D eigenvalue weighted by molar-refractivity contribution is -0.124. The normalized spacial score (nSPS) is 20.9. The molecule has 0 aromatic heterocycles. The number of carbonyl (C=O) groups is 2. The summed E-state index contributed by atoms with van der Waals surface area (Å²) in [6.45, 7) is 10.5. The van der Waals surface area contributed by atoms with E-state index in [-0.39, 0.29) is 35.7 Å². The smallest absolute Gasteiger partial charge is 0.237 e. The monoisotopic (exact) mass is 474 g/mol. The second kappa shape index (κ2) is 11.2. The van der Waals surface area contributed by atoms with Gasteiger partial charge in [-0.3, -0.25) is 9.59 Å². The molecular formula is C29H38N4O2. The van der Waals surface area contributed by atoms with Gasteiger partial charge in [0.2, 0.25) is 11.8 Å². The third-order valence-electron chi connectivity index (χ3n) is 7.00. The maximum Gasteiger partial charge on any atom is 0.237 e. The first-order valence-corrected chi connectivity index (χ1v) is 12.8. The molecule has 0 saturated heterocycles. The van der Waals surface area contributed by atoms with E-state index in [1.165, 1.54) is 32.7 Å². The van der Waals surface area contributed by atoms with E-state index in [1.54, 1.807) is 0 Å². The predicted molar refractivity (Wildman–Crippen MR) is 143 cm³/mol. The van der Waals surface area contributed by atoms with Gasteiger partial charge in [-0.15, -0.1) is 0 Å². The van der Waals surface area contributed by atoms with E-state index in [1.807, 2.05) is 0 Å². The van der Waals surface area contributed by atoms with Gasteiger partial charge >= 0.3 is 0 Å². The second-order valence-corrected chi connectivity index (χ2v) is 10.2. The second-order valence-electron chi connectivity index (χ2n) is 10.2. The summed E-state index contributed by atoms with van der Waals surface area (Å²) in [6.07, 6.45) is 0.693. The minimum atomic E-state index is -0.301. The lowest BCUT2D eigenvalue weighted by atomic mass is 9.90. The highest BCUT2D eigenvalue weighted by Crippen LogP contribution is 2.33. The van der Waals surface area contributed by atoms with Crippen molar-refractivity contribution in [2.45, 2.75) is 59.3 Å². The molecule has 3 aromatic rings. The summed E-state index contributed by atoms with van der Waals surface area (Å²) in [5.74, 6) is 0.291. The molecule has 1 aliphatic rings. The van der Waals surface area contributed by atoms with Gasteiger partial charge in [-0.2, -0.15) is 0 Å². The SMILES string of the molecule is CC(C)[C@@H]1NCc2c3ccccc3c(c3ccccc23)CN[C@@H](C(C)C)C(=O)NCCCNC1=O. The van der Waals surface area contributed by atoms with Gasteiger partial charge in [0.15, 0.2) is 0 Å². The molecule has 0 fully saturated rings. The molecule has 35 heavy (non-hydrogen) atoms. The fraction of sp³-hybridized carbons (Fsp3) is 0.448. The number of benzene rings is 3. The van der Waals surface area contributed by atoms with Crippen LogP contribution in [0.2, 0.25) is 0 Å². The summed E-state index contributed by atoms with van der Waals surface area (Å²) in [5, 5.41) is 17.9. The van der Waals surface area contributed by atoms with E-state index in [4.69, 9.17) is 0 Å². The zero-order valence-corrected chi connectivity index (χ0v) is 21.3. The first kappa shape index (κ1) is 25.1. The van der Waals surface area contributed by atoms with Crippen molar-refractivity contribution in [2.75, 3.05) is 13.1 Å². The summed E-state index contributed by atoms with van der Waals surface area (Å²) in [6, 6.07) is 16.3. The first-order chi connectivity index (χ1) is 16.9. The number of nitrogens with one attached hydrogen (secondary N) is 4. The Hall–Kier alpha value is -2.96. The Morgan fingerprint density at radius 1 is 0.629 bits per heavy atom. The minimum absolute atomic E-state index is 0.00241. The van der Waals surface area contributed by atoms with E-state index < -0.39 is 0 Å². The quantitative estimate of drug-likeness (QED) is 0.425. The molecule has 0 unspecified atom stereocenters. The van der Waals surface area contributed by atoms with Crippen molar-refractivity contribution in [1.82, 2.24) is 21.3 Å². The highest BCUT2D eigenvalue weighted by Gasteiger charge is 2.25. The Labute approximate surface area is 208 Å². The third-order valence-corrected chi connectivity index (χ3v) is 7.00. The first-order valence-electron chi connectivity index (χ1n) is 12.8. The Balaban J connectivity index is 1.84. The van der Waals surface area contributed by atoms with Crippen molar-refractivity contribution in [3.63, 3.8) is 0 Å². The van der Waals surface area contributed by atoms with Gasteiger partial charge in [0.1, 0.15) is 0 Å². The van der Waals surface area contributed by atoms with Crippen LogP contribution in [0.5, 0.6) is 0 Å². The minimum Gasteiger partial charge on any atom is -0.355 e. The summed E-state index contributed by atoms with van der Waals surface area (Å²) in [5.41, 5.74) is 2.39. The highest BCUT2D eigenvalue weighted by molar-refractivity contribution is 6.05. The van der Waals surface area contributed by atoms with Crippen LogP contribution in [0.3, 0.4) is 0 Å². The standard InChI is InChI=1S/C29H38N4O2/c1-18(2)26-28(34)30-14-9-15-31-29(35)27(19(3)4)33-17-25-22-12-7-5-10-20(22)24(16-32-26)21-11-6-8-13-23(21)25/h5-8,10-13,18-19,26-27,32-33H,9,14-17H2,1-4H3,(H,30,34)(H,31,35)/t26-,27-/m0/s1. The lowest BCUT2D eigenvalue weighted by Gasteiger charge is -2.24. The molecule has 3 aromatic carbocycles. The van der Waals surface area contributed by atoms with Gasteiger partial charge < -0.3 is 21.3 Å². The van der Waals surface area contributed by atoms with Crippen molar-refractivity contribution in [3.8, 4) is 0 Å². The van der Waals surface area contributed by atoms with E-state index in [9.17, 15) is 9.59 Å². The van der Waals surface area contributed by atoms with Gasteiger partial charge in [-0.25, -0.2) is 0 Å². The molecule has 2 amide bonds. The highest BCUT2D eigenvalue weighted by atomic mass is 16.2. The fourth-order valence-corrected chi connectivity index (χ4v) is 5.11. The third kappa shape index (κ3) is 5.49. The molecule has 2 atom stereocenters. The maximum absolute atomic E-state index is 13.0. The van der Waals surface area contributed by atoms with E-state index in [2.05, 4.69) is 97.5 Å². The van der Waals surface area contributed by atoms with Gasteiger partial charge in [0, 0.05) is 26.2 Å². The van der Waals surface area contributed by atoms with Crippen LogP contribution < -0.4 is 21.3 Å². The number of hydrogen-bond acceptors (Lipinski definition) is 4. The molecule has 4 N–H and O–H groups in total. The van der Waals surface area contributed by atoms with Crippen LogP contribution in [0.1, 0.15) is 45.2 Å². The molecule has 0 aliphatic carbocycles. The van der Waals surface area contributed by atoms with Crippen molar-refractivity contribution in [3.05, 3.63) is 59.7 Å². The summed E-state index contributed by atoms with van der Waals surface area (Å²) < 4.78 is 0. The summed E-state index contributed by atoms with van der Waals surface area (Å²) in [7, 11) is 0. The predicted octanol–water partition coefficient (Wildman–Crippen LogP) is 3.86. The summed E-state index contributed by atoms with van der Waals surface area (Å²) in [4.78, 5) is 26.0. The van der Waals surface area contributed by atoms with Crippen LogP contribution in [0, 0.1) is 11.8 Å². The zero-order valence-electron chi connectivity index (χ0n) is 21.3. The Morgan fingerprint density at radius 3 is 1.29 bits per heavy atom. The van der Waals surface area contributed by atoms with Crippen LogP contribution in [-0.4, -0.2) is 37.0 Å². The van der Waals surface area contributed by atoms with Gasteiger partial charge in [-0.1, -0.05) is 76.2 Å². The zero-order chi connectivity index (χ0) is 24.9. The van der Waals surface area contributed by atoms with Crippen molar-refractivity contribution >= 4 is 33.4 Å². The largest absolute Gasteiger partial charge is 0.355 e. The number of carbonyl (C=O) groups excluding carboxylic acids is 2. The molecule has 1 heterocycles. The molecule has 6 nitrogen and oxygen atoms in total. The van der Waals surface area contributed by atoms with Crippen LogP contribution in [0.25, 0.3) is 21.5 Å². The Bertz CT molecular complexity index is 1050. The molecule has 0 saturated carbocycles. The number of hydrogen-bond donors (Lipinski definition) is 4.